The van der Waals surface area contributed by atoms with Crippen LogP contribution >= 0.6 is 11.8 Å². The zero-order chi connectivity index (χ0) is 10.4. The van der Waals surface area contributed by atoms with Gasteiger partial charge in [0, 0.05) is 18.3 Å². The smallest absolute Gasteiger partial charge is 0.123 e. The van der Waals surface area contributed by atoms with Crippen molar-refractivity contribution in [3.8, 4) is 0 Å². The van der Waals surface area contributed by atoms with Gasteiger partial charge in [0.15, 0.2) is 0 Å². The topological polar surface area (TPSA) is 12.0 Å². The predicted octanol–water partition coefficient (Wildman–Crippen LogP) is 2.84. The molecule has 0 spiro atoms. The number of nitrogens with one attached hydrogen (secondary N) is 1. The lowest BCUT2D eigenvalue weighted by Crippen LogP contribution is -2.21. The first-order chi connectivity index (χ1) is 6.74. The summed E-state index contributed by atoms with van der Waals surface area (Å²) in [5.74, 6) is 0.917. The summed E-state index contributed by atoms with van der Waals surface area (Å²) >= 11 is 1.81. The second-order valence-electron chi connectivity index (χ2n) is 3.22. The summed E-state index contributed by atoms with van der Waals surface area (Å²) in [7, 11) is 0. The molecular weight excluding hydrogens is 197 g/mol. The third-order valence-corrected chi connectivity index (χ3v) is 2.72. The van der Waals surface area contributed by atoms with Gasteiger partial charge < -0.3 is 5.32 Å². The lowest BCUT2D eigenvalue weighted by atomic mass is 10.1. The van der Waals surface area contributed by atoms with E-state index in [0.717, 1.165) is 17.9 Å². The first-order valence-electron chi connectivity index (χ1n) is 4.72. The Morgan fingerprint density at radius 1 is 1.50 bits per heavy atom. The van der Waals surface area contributed by atoms with Crippen LogP contribution in [0.4, 0.5) is 4.39 Å². The highest BCUT2D eigenvalue weighted by atomic mass is 32.2. The fraction of sp³-hybridized carbons (Fsp3) is 0.455. The van der Waals surface area contributed by atoms with Crippen LogP contribution < -0.4 is 5.32 Å². The van der Waals surface area contributed by atoms with Crippen LogP contribution in [0.15, 0.2) is 24.3 Å². The lowest BCUT2D eigenvalue weighted by molar-refractivity contribution is 0.585. The second-order valence-corrected chi connectivity index (χ2v) is 4.21. The molecular formula is C11H16FNS. The van der Waals surface area contributed by atoms with Crippen molar-refractivity contribution in [2.45, 2.75) is 13.0 Å². The van der Waals surface area contributed by atoms with Gasteiger partial charge in [-0.3, -0.25) is 0 Å². The first kappa shape index (κ1) is 11.5. The number of rotatable bonds is 5. The number of halogens is 1. The van der Waals surface area contributed by atoms with E-state index in [-0.39, 0.29) is 11.9 Å². The lowest BCUT2D eigenvalue weighted by Gasteiger charge is -2.13. The number of benzene rings is 1. The van der Waals surface area contributed by atoms with Gasteiger partial charge in [-0.15, -0.1) is 0 Å². The van der Waals surface area contributed by atoms with Gasteiger partial charge in [0.2, 0.25) is 0 Å². The molecule has 1 aromatic carbocycles. The van der Waals surface area contributed by atoms with E-state index in [0.29, 0.717) is 0 Å². The van der Waals surface area contributed by atoms with Gasteiger partial charge in [0.05, 0.1) is 0 Å². The van der Waals surface area contributed by atoms with Crippen molar-refractivity contribution in [1.29, 1.82) is 0 Å². The minimum atomic E-state index is -0.166. The maximum atomic E-state index is 12.9. The van der Waals surface area contributed by atoms with Crippen molar-refractivity contribution in [3.63, 3.8) is 0 Å². The Labute approximate surface area is 89.1 Å². The molecule has 0 aliphatic rings. The zero-order valence-electron chi connectivity index (χ0n) is 8.59. The second kappa shape index (κ2) is 6.04. The summed E-state index contributed by atoms with van der Waals surface area (Å²) in [4.78, 5) is 0. The molecule has 0 amide bonds. The van der Waals surface area contributed by atoms with Crippen molar-refractivity contribution >= 4 is 11.8 Å². The van der Waals surface area contributed by atoms with Gasteiger partial charge >= 0.3 is 0 Å². The highest BCUT2D eigenvalue weighted by Crippen LogP contribution is 2.13. The van der Waals surface area contributed by atoms with Crippen molar-refractivity contribution < 1.29 is 4.39 Å². The Kier molecular flexibility index (Phi) is 4.98. The molecule has 0 saturated carbocycles. The molecule has 1 N–H and O–H groups in total. The van der Waals surface area contributed by atoms with Crippen LogP contribution in [0.3, 0.4) is 0 Å². The zero-order valence-corrected chi connectivity index (χ0v) is 9.40. The molecule has 0 fully saturated rings. The average molecular weight is 213 g/mol. The molecule has 0 bridgehead atoms. The van der Waals surface area contributed by atoms with Crippen LogP contribution in [0, 0.1) is 5.82 Å². The van der Waals surface area contributed by atoms with E-state index in [1.807, 2.05) is 6.07 Å². The van der Waals surface area contributed by atoms with E-state index < -0.39 is 0 Å². The van der Waals surface area contributed by atoms with E-state index in [1.54, 1.807) is 23.9 Å². The first-order valence-corrected chi connectivity index (χ1v) is 6.11. The normalized spacial score (nSPS) is 12.8. The summed E-state index contributed by atoms with van der Waals surface area (Å²) in [6.07, 6.45) is 2.08. The monoisotopic (exact) mass is 213 g/mol. The SMILES string of the molecule is CSCCNC(C)c1cccc(F)c1. The van der Waals surface area contributed by atoms with Gasteiger partial charge in [-0.1, -0.05) is 12.1 Å². The Hall–Kier alpha value is -0.540. The molecule has 3 heteroatoms. The number of hydrogen-bond acceptors (Lipinski definition) is 2. The van der Waals surface area contributed by atoms with Gasteiger partial charge in [0.1, 0.15) is 5.82 Å². The third-order valence-electron chi connectivity index (χ3n) is 2.11. The fourth-order valence-corrected chi connectivity index (χ4v) is 1.59. The van der Waals surface area contributed by atoms with E-state index >= 15 is 0 Å². The summed E-state index contributed by atoms with van der Waals surface area (Å²) < 4.78 is 12.9. The molecule has 1 unspecified atom stereocenters. The van der Waals surface area contributed by atoms with Crippen molar-refractivity contribution in [2.24, 2.45) is 0 Å². The van der Waals surface area contributed by atoms with Crippen molar-refractivity contribution in [1.82, 2.24) is 5.32 Å². The van der Waals surface area contributed by atoms with E-state index in [2.05, 4.69) is 18.5 Å². The molecule has 0 aromatic heterocycles. The van der Waals surface area contributed by atoms with Gasteiger partial charge in [-0.2, -0.15) is 11.8 Å². The van der Waals surface area contributed by atoms with Gasteiger partial charge in [-0.25, -0.2) is 4.39 Å². The predicted molar refractivity (Wildman–Crippen MR) is 61.2 cm³/mol. The highest BCUT2D eigenvalue weighted by molar-refractivity contribution is 7.98. The van der Waals surface area contributed by atoms with E-state index in [9.17, 15) is 4.39 Å². The summed E-state index contributed by atoms with van der Waals surface area (Å²) in [6.45, 7) is 3.01. The molecule has 0 aliphatic heterocycles. The fourth-order valence-electron chi connectivity index (χ4n) is 1.27. The molecule has 1 aromatic rings. The molecule has 0 saturated heterocycles. The highest BCUT2D eigenvalue weighted by Gasteiger charge is 2.04. The van der Waals surface area contributed by atoms with Gasteiger partial charge in [-0.05, 0) is 30.9 Å². The Morgan fingerprint density at radius 2 is 2.29 bits per heavy atom. The van der Waals surface area contributed by atoms with Crippen LogP contribution in [0.2, 0.25) is 0 Å². The quantitative estimate of drug-likeness (QED) is 0.755. The van der Waals surface area contributed by atoms with Crippen LogP contribution in [0.25, 0.3) is 0 Å². The molecule has 14 heavy (non-hydrogen) atoms. The maximum absolute atomic E-state index is 12.9. The molecule has 0 aliphatic carbocycles. The standard InChI is InChI=1S/C11H16FNS/c1-9(13-6-7-14-2)10-4-3-5-11(12)8-10/h3-5,8-9,13H,6-7H2,1-2H3. The number of thioether (sulfide) groups is 1. The molecule has 0 heterocycles. The Balaban J connectivity index is 2.47. The number of hydrogen-bond donors (Lipinski definition) is 1. The Bertz CT molecular complexity index is 278. The average Bonchev–Trinajstić information content (AvgIpc) is 2.18. The van der Waals surface area contributed by atoms with Gasteiger partial charge in [0.25, 0.3) is 0 Å². The largest absolute Gasteiger partial charge is 0.309 e. The van der Waals surface area contributed by atoms with E-state index in [1.165, 1.54) is 6.07 Å². The van der Waals surface area contributed by atoms with Crippen LogP contribution in [-0.4, -0.2) is 18.6 Å². The molecule has 78 valence electrons. The molecule has 1 nitrogen and oxygen atoms in total. The molecule has 1 atom stereocenters. The summed E-state index contributed by atoms with van der Waals surface area (Å²) in [5, 5.41) is 3.34. The van der Waals surface area contributed by atoms with E-state index in [4.69, 9.17) is 0 Å². The van der Waals surface area contributed by atoms with Crippen LogP contribution in [0.1, 0.15) is 18.5 Å². The minimum Gasteiger partial charge on any atom is -0.309 e. The van der Waals surface area contributed by atoms with Crippen molar-refractivity contribution in [3.05, 3.63) is 35.6 Å². The molecule has 0 radical (unpaired) electrons. The summed E-state index contributed by atoms with van der Waals surface area (Å²) in [6, 6.07) is 6.96. The molecule has 1 rings (SSSR count). The third kappa shape index (κ3) is 3.68. The maximum Gasteiger partial charge on any atom is 0.123 e. The Morgan fingerprint density at radius 3 is 2.93 bits per heavy atom. The minimum absolute atomic E-state index is 0.166. The summed E-state index contributed by atoms with van der Waals surface area (Å²) in [5.41, 5.74) is 1.01. The van der Waals surface area contributed by atoms with Crippen LogP contribution in [-0.2, 0) is 0 Å². The van der Waals surface area contributed by atoms with Crippen molar-refractivity contribution in [2.75, 3.05) is 18.6 Å². The van der Waals surface area contributed by atoms with Crippen LogP contribution in [0.5, 0.6) is 0 Å².